The van der Waals surface area contributed by atoms with Gasteiger partial charge in [0.25, 0.3) is 5.91 Å². The molecule has 0 radical (unpaired) electrons. The molecule has 2 rings (SSSR count). The van der Waals surface area contributed by atoms with Crippen molar-refractivity contribution >= 4 is 40.5 Å². The largest absolute Gasteiger partial charge is 0.358 e. The first-order chi connectivity index (χ1) is 11.6. The van der Waals surface area contributed by atoms with Gasteiger partial charge in [-0.25, -0.2) is 0 Å². The lowest BCUT2D eigenvalue weighted by Gasteiger charge is -2.08. The maximum absolute atomic E-state index is 12.2. The van der Waals surface area contributed by atoms with E-state index in [2.05, 4.69) is 10.6 Å². The number of nitrogens with one attached hydrogen (secondary N) is 2. The monoisotopic (exact) mass is 356 g/mol. The summed E-state index contributed by atoms with van der Waals surface area (Å²) in [6.45, 7) is 0. The van der Waals surface area contributed by atoms with Crippen molar-refractivity contribution in [3.8, 4) is 12.1 Å². The van der Waals surface area contributed by atoms with Crippen LogP contribution >= 0.6 is 23.2 Å². The van der Waals surface area contributed by atoms with E-state index in [1.54, 1.807) is 48.5 Å². The van der Waals surface area contributed by atoms with Crippen molar-refractivity contribution in [3.63, 3.8) is 0 Å². The molecule has 2 N–H and O–H groups in total. The molecular formula is C17H10Cl2N4O. The molecule has 0 atom stereocenters. The zero-order valence-corrected chi connectivity index (χ0v) is 13.7. The Labute approximate surface area is 148 Å². The van der Waals surface area contributed by atoms with Gasteiger partial charge in [0.2, 0.25) is 0 Å². The zero-order valence-electron chi connectivity index (χ0n) is 12.2. The van der Waals surface area contributed by atoms with Crippen molar-refractivity contribution < 1.29 is 4.79 Å². The molecule has 0 aliphatic heterocycles. The van der Waals surface area contributed by atoms with Crippen LogP contribution in [0.25, 0.3) is 0 Å². The van der Waals surface area contributed by atoms with E-state index < -0.39 is 5.91 Å². The van der Waals surface area contributed by atoms with Gasteiger partial charge >= 0.3 is 0 Å². The van der Waals surface area contributed by atoms with Crippen molar-refractivity contribution in [1.29, 1.82) is 10.5 Å². The van der Waals surface area contributed by atoms with Crippen LogP contribution in [0, 0.1) is 22.7 Å². The van der Waals surface area contributed by atoms with Crippen LogP contribution in [-0.2, 0) is 4.79 Å². The van der Waals surface area contributed by atoms with Gasteiger partial charge in [-0.3, -0.25) is 4.79 Å². The van der Waals surface area contributed by atoms with E-state index in [-0.39, 0.29) is 5.57 Å². The number of benzene rings is 2. The highest BCUT2D eigenvalue weighted by Gasteiger charge is 2.12. The number of rotatable bonds is 4. The van der Waals surface area contributed by atoms with E-state index >= 15 is 0 Å². The lowest BCUT2D eigenvalue weighted by Crippen LogP contribution is -2.15. The number of amides is 1. The van der Waals surface area contributed by atoms with Gasteiger partial charge in [0, 0.05) is 6.20 Å². The van der Waals surface area contributed by atoms with Crippen molar-refractivity contribution in [2.24, 2.45) is 0 Å². The molecule has 5 nitrogen and oxygen atoms in total. The van der Waals surface area contributed by atoms with Gasteiger partial charge in [0.15, 0.2) is 0 Å². The van der Waals surface area contributed by atoms with Crippen LogP contribution in [0.2, 0.25) is 10.0 Å². The van der Waals surface area contributed by atoms with Gasteiger partial charge in [0.1, 0.15) is 17.7 Å². The predicted molar refractivity (Wildman–Crippen MR) is 93.6 cm³/mol. The molecule has 0 unspecified atom stereocenters. The smallest absolute Gasteiger partial charge is 0.267 e. The fourth-order valence-corrected chi connectivity index (χ4v) is 2.31. The minimum atomic E-state index is -0.657. The van der Waals surface area contributed by atoms with Gasteiger partial charge < -0.3 is 10.6 Å². The van der Waals surface area contributed by atoms with E-state index in [0.29, 0.717) is 27.0 Å². The Balaban J connectivity index is 2.21. The molecule has 2 aromatic carbocycles. The molecule has 0 saturated carbocycles. The second-order valence-corrected chi connectivity index (χ2v) is 5.34. The third kappa shape index (κ3) is 4.05. The molecule has 0 fully saturated rings. The second kappa shape index (κ2) is 8.03. The number of para-hydroxylation sites is 2. The molecule has 0 spiro atoms. The van der Waals surface area contributed by atoms with Crippen LogP contribution in [0.1, 0.15) is 5.56 Å². The highest BCUT2D eigenvalue weighted by Crippen LogP contribution is 2.29. The Morgan fingerprint density at radius 1 is 1.04 bits per heavy atom. The van der Waals surface area contributed by atoms with Crippen LogP contribution in [-0.4, -0.2) is 5.91 Å². The van der Waals surface area contributed by atoms with Gasteiger partial charge in [-0.2, -0.15) is 10.5 Å². The van der Waals surface area contributed by atoms with Gasteiger partial charge in [0.05, 0.1) is 27.0 Å². The molecule has 0 aromatic heterocycles. The summed E-state index contributed by atoms with van der Waals surface area (Å²) < 4.78 is 0. The summed E-state index contributed by atoms with van der Waals surface area (Å²) in [6, 6.07) is 15.2. The number of nitrogens with zero attached hydrogens (tertiary/aromatic N) is 2. The predicted octanol–water partition coefficient (Wildman–Crippen LogP) is 4.32. The van der Waals surface area contributed by atoms with Crippen LogP contribution in [0.5, 0.6) is 0 Å². The summed E-state index contributed by atoms with van der Waals surface area (Å²) >= 11 is 12.0. The van der Waals surface area contributed by atoms with Crippen LogP contribution < -0.4 is 10.6 Å². The first-order valence-corrected chi connectivity index (χ1v) is 7.43. The fourth-order valence-electron chi connectivity index (χ4n) is 1.81. The van der Waals surface area contributed by atoms with Gasteiger partial charge in [-0.15, -0.1) is 0 Å². The third-order valence-electron chi connectivity index (χ3n) is 2.98. The van der Waals surface area contributed by atoms with E-state index in [1.807, 2.05) is 6.07 Å². The number of carbonyl (C=O) groups excluding carboxylic acids is 1. The highest BCUT2D eigenvalue weighted by atomic mass is 35.5. The van der Waals surface area contributed by atoms with Crippen molar-refractivity contribution in [2.45, 2.75) is 0 Å². The molecule has 7 heteroatoms. The molecule has 0 aliphatic rings. The summed E-state index contributed by atoms with van der Waals surface area (Å²) in [7, 11) is 0. The molecule has 0 bridgehead atoms. The normalized spacial score (nSPS) is 10.4. The summed E-state index contributed by atoms with van der Waals surface area (Å²) in [4.78, 5) is 12.2. The Bertz CT molecular complexity index is 874. The fraction of sp³-hybridized carbons (Fsp3) is 0. The summed E-state index contributed by atoms with van der Waals surface area (Å²) in [6.07, 6.45) is 1.21. The van der Waals surface area contributed by atoms with Crippen molar-refractivity contribution in [2.75, 3.05) is 10.6 Å². The van der Waals surface area contributed by atoms with Crippen LogP contribution in [0.15, 0.2) is 54.2 Å². The van der Waals surface area contributed by atoms with Crippen LogP contribution in [0.3, 0.4) is 0 Å². The molecular weight excluding hydrogens is 347 g/mol. The number of anilines is 2. The minimum Gasteiger partial charge on any atom is -0.358 e. The summed E-state index contributed by atoms with van der Waals surface area (Å²) in [5.41, 5.74) is 0.810. The summed E-state index contributed by atoms with van der Waals surface area (Å²) in [5, 5.41) is 24.2. The molecule has 2 aromatic rings. The topological polar surface area (TPSA) is 88.7 Å². The van der Waals surface area contributed by atoms with E-state index in [4.69, 9.17) is 33.7 Å². The van der Waals surface area contributed by atoms with Gasteiger partial charge in [-0.1, -0.05) is 41.4 Å². The average molecular weight is 357 g/mol. The van der Waals surface area contributed by atoms with Crippen molar-refractivity contribution in [3.05, 3.63) is 69.8 Å². The zero-order chi connectivity index (χ0) is 17.5. The van der Waals surface area contributed by atoms with Crippen LogP contribution in [0.4, 0.5) is 11.4 Å². The standard InChI is InChI=1S/C17H10Cl2N4O/c18-13-5-3-6-14(19)16(13)22-10-12(9-21)17(24)23-15-7-2-1-4-11(15)8-20/h1-7,10,22H,(H,23,24)/b12-10-. The number of hydrogen-bond acceptors (Lipinski definition) is 4. The Kier molecular flexibility index (Phi) is 5.81. The molecule has 1 amide bonds. The van der Waals surface area contributed by atoms with E-state index in [0.717, 1.165) is 0 Å². The number of nitriles is 2. The maximum Gasteiger partial charge on any atom is 0.267 e. The lowest BCUT2D eigenvalue weighted by atomic mass is 10.2. The van der Waals surface area contributed by atoms with Crippen molar-refractivity contribution in [1.82, 2.24) is 0 Å². The number of hydrogen-bond donors (Lipinski definition) is 2. The Hall–Kier alpha value is -2.99. The molecule has 0 saturated heterocycles. The Morgan fingerprint density at radius 3 is 2.33 bits per heavy atom. The minimum absolute atomic E-state index is 0.196. The molecule has 118 valence electrons. The van der Waals surface area contributed by atoms with E-state index in [9.17, 15) is 4.79 Å². The third-order valence-corrected chi connectivity index (χ3v) is 3.61. The first kappa shape index (κ1) is 17.4. The summed E-state index contributed by atoms with van der Waals surface area (Å²) in [5.74, 6) is -0.657. The second-order valence-electron chi connectivity index (χ2n) is 4.52. The average Bonchev–Trinajstić information content (AvgIpc) is 2.58. The maximum atomic E-state index is 12.2. The van der Waals surface area contributed by atoms with E-state index in [1.165, 1.54) is 6.20 Å². The Morgan fingerprint density at radius 2 is 1.71 bits per heavy atom. The number of halogens is 2. The van der Waals surface area contributed by atoms with Gasteiger partial charge in [-0.05, 0) is 24.3 Å². The molecule has 0 aliphatic carbocycles. The quantitative estimate of drug-likeness (QED) is 0.630. The number of carbonyl (C=O) groups is 1. The first-order valence-electron chi connectivity index (χ1n) is 6.68. The SMILES string of the molecule is N#C/C(=C/Nc1c(Cl)cccc1Cl)C(=O)Nc1ccccc1C#N. The highest BCUT2D eigenvalue weighted by molar-refractivity contribution is 6.39. The molecule has 0 heterocycles. The lowest BCUT2D eigenvalue weighted by molar-refractivity contribution is -0.112. The molecule has 24 heavy (non-hydrogen) atoms.